The molecule has 1 aliphatic heterocycles. The highest BCUT2D eigenvalue weighted by Crippen LogP contribution is 2.19. The van der Waals surface area contributed by atoms with E-state index in [9.17, 15) is 9.18 Å². The largest absolute Gasteiger partial charge is 0.348 e. The van der Waals surface area contributed by atoms with Gasteiger partial charge in [0.15, 0.2) is 0 Å². The Balaban J connectivity index is 2.01. The lowest BCUT2D eigenvalue weighted by atomic mass is 10.1. The Bertz CT molecular complexity index is 421. The molecule has 0 spiro atoms. The van der Waals surface area contributed by atoms with Crippen LogP contribution in [0.3, 0.4) is 0 Å². The van der Waals surface area contributed by atoms with Crippen LogP contribution in [0.15, 0.2) is 22.7 Å². The molecule has 5 heteroatoms. The zero-order valence-corrected chi connectivity index (χ0v) is 11.6. The third-order valence-electron chi connectivity index (χ3n) is 2.68. The zero-order valence-electron chi connectivity index (χ0n) is 9.21. The van der Waals surface area contributed by atoms with Crippen molar-refractivity contribution < 1.29 is 9.18 Å². The minimum absolute atomic E-state index is 0.127. The summed E-state index contributed by atoms with van der Waals surface area (Å²) in [5, 5.41) is 2.98. The van der Waals surface area contributed by atoms with Gasteiger partial charge < -0.3 is 5.32 Å². The number of nitrogens with one attached hydrogen (secondary N) is 1. The lowest BCUT2D eigenvalue weighted by molar-refractivity contribution is 0.0938. The molecule has 1 unspecified atom stereocenters. The van der Waals surface area contributed by atoms with Crippen molar-refractivity contribution in [2.45, 2.75) is 18.9 Å². The molecule has 1 aliphatic rings. The average Bonchev–Trinajstić information content (AvgIpc) is 2.34. The minimum atomic E-state index is -0.352. The van der Waals surface area contributed by atoms with Gasteiger partial charge in [-0.15, -0.1) is 0 Å². The van der Waals surface area contributed by atoms with Crippen LogP contribution in [0.5, 0.6) is 0 Å². The fourth-order valence-corrected chi connectivity index (χ4v) is 3.21. The number of halogens is 2. The fraction of sp³-hybridized carbons (Fsp3) is 0.417. The summed E-state index contributed by atoms with van der Waals surface area (Å²) in [6, 6.07) is 4.56. The molecule has 0 aliphatic carbocycles. The number of hydrogen-bond acceptors (Lipinski definition) is 2. The number of benzene rings is 1. The standard InChI is InChI=1S/C12H13BrFNOS/c13-10-6-8(3-4-11(10)14)12(16)15-9-2-1-5-17-7-9/h3-4,6,9H,1-2,5,7H2,(H,15,16). The van der Waals surface area contributed by atoms with Crippen molar-refractivity contribution in [2.75, 3.05) is 11.5 Å². The van der Waals surface area contributed by atoms with E-state index in [1.165, 1.54) is 24.0 Å². The van der Waals surface area contributed by atoms with Crippen LogP contribution in [0.25, 0.3) is 0 Å². The van der Waals surface area contributed by atoms with E-state index in [0.29, 0.717) is 10.0 Å². The predicted octanol–water partition coefficient (Wildman–Crippen LogP) is 3.21. The van der Waals surface area contributed by atoms with Gasteiger partial charge in [-0.25, -0.2) is 4.39 Å². The van der Waals surface area contributed by atoms with Crippen molar-refractivity contribution >= 4 is 33.6 Å². The van der Waals surface area contributed by atoms with Gasteiger partial charge in [0, 0.05) is 17.4 Å². The van der Waals surface area contributed by atoms with Crippen molar-refractivity contribution in [2.24, 2.45) is 0 Å². The third kappa shape index (κ3) is 3.45. The second-order valence-corrected chi connectivity index (χ2v) is 6.02. The second kappa shape index (κ2) is 5.87. The summed E-state index contributed by atoms with van der Waals surface area (Å²) in [4.78, 5) is 11.9. The molecule has 2 rings (SSSR count). The van der Waals surface area contributed by atoms with Crippen molar-refractivity contribution in [1.29, 1.82) is 0 Å². The summed E-state index contributed by atoms with van der Waals surface area (Å²) in [6.07, 6.45) is 2.17. The van der Waals surface area contributed by atoms with Gasteiger partial charge in [-0.3, -0.25) is 4.79 Å². The van der Waals surface area contributed by atoms with Crippen molar-refractivity contribution in [3.8, 4) is 0 Å². The molecule has 2 nitrogen and oxygen atoms in total. The average molecular weight is 318 g/mol. The van der Waals surface area contributed by atoms with E-state index in [1.807, 2.05) is 11.8 Å². The van der Waals surface area contributed by atoms with E-state index in [2.05, 4.69) is 21.2 Å². The molecule has 0 radical (unpaired) electrons. The molecule has 92 valence electrons. The van der Waals surface area contributed by atoms with E-state index in [1.54, 1.807) is 0 Å². The predicted molar refractivity (Wildman–Crippen MR) is 71.9 cm³/mol. The van der Waals surface area contributed by atoms with Gasteiger partial charge >= 0.3 is 0 Å². The van der Waals surface area contributed by atoms with Gasteiger partial charge in [0.25, 0.3) is 5.91 Å². The molecule has 0 saturated carbocycles. The lowest BCUT2D eigenvalue weighted by Crippen LogP contribution is -2.38. The van der Waals surface area contributed by atoms with E-state index < -0.39 is 0 Å². The third-order valence-corrected chi connectivity index (χ3v) is 4.50. The lowest BCUT2D eigenvalue weighted by Gasteiger charge is -2.22. The summed E-state index contributed by atoms with van der Waals surface area (Å²) in [6.45, 7) is 0. The molecule has 1 atom stereocenters. The van der Waals surface area contributed by atoms with Crippen LogP contribution in [-0.4, -0.2) is 23.5 Å². The summed E-state index contributed by atoms with van der Waals surface area (Å²) in [5.41, 5.74) is 0.494. The van der Waals surface area contributed by atoms with Crippen LogP contribution in [0.2, 0.25) is 0 Å². The summed E-state index contributed by atoms with van der Waals surface area (Å²) >= 11 is 4.94. The number of rotatable bonds is 2. The van der Waals surface area contributed by atoms with Crippen LogP contribution in [0.1, 0.15) is 23.2 Å². The van der Waals surface area contributed by atoms with Gasteiger partial charge in [-0.2, -0.15) is 11.8 Å². The summed E-state index contributed by atoms with van der Waals surface area (Å²) in [7, 11) is 0. The molecule has 1 saturated heterocycles. The van der Waals surface area contributed by atoms with E-state index in [4.69, 9.17) is 0 Å². The van der Waals surface area contributed by atoms with Crippen molar-refractivity contribution in [3.05, 3.63) is 34.1 Å². The Hall–Kier alpha value is -0.550. The SMILES string of the molecule is O=C(NC1CCCSC1)c1ccc(F)c(Br)c1. The molecule has 1 heterocycles. The molecule has 1 amide bonds. The smallest absolute Gasteiger partial charge is 0.251 e. The first-order valence-electron chi connectivity index (χ1n) is 5.50. The maximum atomic E-state index is 13.0. The monoisotopic (exact) mass is 317 g/mol. The topological polar surface area (TPSA) is 29.1 Å². The number of carbonyl (C=O) groups excluding carboxylic acids is 1. The maximum Gasteiger partial charge on any atom is 0.251 e. The Morgan fingerprint density at radius 1 is 1.53 bits per heavy atom. The van der Waals surface area contributed by atoms with Gasteiger partial charge in [-0.05, 0) is 52.7 Å². The first-order chi connectivity index (χ1) is 8.16. The Morgan fingerprint density at radius 3 is 3.00 bits per heavy atom. The molecule has 1 N–H and O–H groups in total. The normalized spacial score (nSPS) is 20.0. The number of hydrogen-bond donors (Lipinski definition) is 1. The molecular weight excluding hydrogens is 305 g/mol. The molecule has 1 aromatic rings. The quantitative estimate of drug-likeness (QED) is 0.907. The van der Waals surface area contributed by atoms with Gasteiger partial charge in [0.05, 0.1) is 4.47 Å². The first kappa shape index (κ1) is 12.9. The molecule has 1 aromatic carbocycles. The second-order valence-electron chi connectivity index (χ2n) is 4.02. The molecular formula is C12H13BrFNOS. The van der Waals surface area contributed by atoms with Crippen LogP contribution >= 0.6 is 27.7 Å². The highest BCUT2D eigenvalue weighted by atomic mass is 79.9. The van der Waals surface area contributed by atoms with Crippen LogP contribution in [0.4, 0.5) is 4.39 Å². The number of carbonyl (C=O) groups is 1. The Kier molecular flexibility index (Phi) is 4.45. The Morgan fingerprint density at radius 2 is 2.35 bits per heavy atom. The highest BCUT2D eigenvalue weighted by Gasteiger charge is 2.17. The first-order valence-corrected chi connectivity index (χ1v) is 7.45. The Labute approximate surface area is 112 Å². The fourth-order valence-electron chi connectivity index (χ4n) is 1.76. The highest BCUT2D eigenvalue weighted by molar-refractivity contribution is 9.10. The van der Waals surface area contributed by atoms with Gasteiger partial charge in [0.2, 0.25) is 0 Å². The van der Waals surface area contributed by atoms with E-state index >= 15 is 0 Å². The van der Waals surface area contributed by atoms with Crippen LogP contribution in [0, 0.1) is 5.82 Å². The number of amides is 1. The summed E-state index contributed by atoms with van der Waals surface area (Å²) in [5.74, 6) is 1.66. The molecule has 17 heavy (non-hydrogen) atoms. The summed E-state index contributed by atoms with van der Waals surface area (Å²) < 4.78 is 13.4. The molecule has 0 bridgehead atoms. The van der Waals surface area contributed by atoms with Crippen LogP contribution in [-0.2, 0) is 0 Å². The van der Waals surface area contributed by atoms with Crippen molar-refractivity contribution in [1.82, 2.24) is 5.32 Å². The molecule has 1 fully saturated rings. The zero-order chi connectivity index (χ0) is 12.3. The number of thioether (sulfide) groups is 1. The van der Waals surface area contributed by atoms with Crippen LogP contribution < -0.4 is 5.32 Å². The van der Waals surface area contributed by atoms with E-state index in [0.717, 1.165) is 18.6 Å². The van der Waals surface area contributed by atoms with E-state index in [-0.39, 0.29) is 17.8 Å². The van der Waals surface area contributed by atoms with Gasteiger partial charge in [0.1, 0.15) is 5.82 Å². The van der Waals surface area contributed by atoms with Crippen molar-refractivity contribution in [3.63, 3.8) is 0 Å². The maximum absolute atomic E-state index is 13.0. The molecule has 0 aromatic heterocycles. The minimum Gasteiger partial charge on any atom is -0.348 e. The van der Waals surface area contributed by atoms with Gasteiger partial charge in [-0.1, -0.05) is 0 Å².